The number of carbonyl (C=O) groups excluding carboxylic acids is 1. The molecule has 0 bridgehead atoms. The fourth-order valence-corrected chi connectivity index (χ4v) is 2.39. The van der Waals surface area contributed by atoms with Crippen LogP contribution in [0.3, 0.4) is 0 Å². The van der Waals surface area contributed by atoms with Gasteiger partial charge in [-0.25, -0.2) is 9.18 Å². The molecule has 108 valence electrons. The smallest absolute Gasteiger partial charge is 0.321 e. The van der Waals surface area contributed by atoms with Crippen LogP contribution in [0.1, 0.15) is 12.5 Å². The maximum absolute atomic E-state index is 13.4. The van der Waals surface area contributed by atoms with Gasteiger partial charge in [0.2, 0.25) is 0 Å². The summed E-state index contributed by atoms with van der Waals surface area (Å²) >= 11 is 0. The number of carboxylic acid groups (broad SMARTS) is 1. The van der Waals surface area contributed by atoms with Gasteiger partial charge in [-0.15, -0.1) is 0 Å². The molecule has 6 heteroatoms. The van der Waals surface area contributed by atoms with Crippen LogP contribution >= 0.6 is 0 Å². The fourth-order valence-electron chi connectivity index (χ4n) is 2.39. The molecule has 1 aromatic carbocycles. The number of benzene rings is 1. The number of hydrogen-bond donors (Lipinski definition) is 2. The van der Waals surface area contributed by atoms with E-state index in [9.17, 15) is 14.0 Å². The van der Waals surface area contributed by atoms with Crippen molar-refractivity contribution in [2.45, 2.75) is 13.8 Å². The SMILES string of the molecule is Cc1c(F)cccc1NC(=O)N1CC(C)C(C(=O)O)C1. The van der Waals surface area contributed by atoms with E-state index in [-0.39, 0.29) is 18.3 Å². The largest absolute Gasteiger partial charge is 0.481 e. The Morgan fingerprint density at radius 3 is 2.70 bits per heavy atom. The average molecular weight is 280 g/mol. The molecular formula is C14H17FN2O3. The molecule has 1 fully saturated rings. The van der Waals surface area contributed by atoms with E-state index in [4.69, 9.17) is 5.11 Å². The van der Waals surface area contributed by atoms with Crippen LogP contribution in [0.15, 0.2) is 18.2 Å². The zero-order valence-corrected chi connectivity index (χ0v) is 11.4. The van der Waals surface area contributed by atoms with Crippen LogP contribution < -0.4 is 5.32 Å². The van der Waals surface area contributed by atoms with Crippen molar-refractivity contribution in [3.63, 3.8) is 0 Å². The highest BCUT2D eigenvalue weighted by molar-refractivity contribution is 5.90. The molecule has 0 spiro atoms. The first-order valence-electron chi connectivity index (χ1n) is 6.44. The standard InChI is InChI=1S/C14H17FN2O3/c1-8-6-17(7-10(8)13(18)19)14(20)16-12-5-3-4-11(15)9(12)2/h3-5,8,10H,6-7H2,1-2H3,(H,16,20)(H,18,19). The third kappa shape index (κ3) is 2.74. The van der Waals surface area contributed by atoms with E-state index < -0.39 is 17.9 Å². The molecule has 1 saturated heterocycles. The molecule has 2 rings (SSSR count). The number of carboxylic acids is 1. The van der Waals surface area contributed by atoms with Gasteiger partial charge in [0, 0.05) is 24.3 Å². The summed E-state index contributed by atoms with van der Waals surface area (Å²) in [6.07, 6.45) is 0. The number of anilines is 1. The Labute approximate surface area is 116 Å². The van der Waals surface area contributed by atoms with Crippen LogP contribution in [0.25, 0.3) is 0 Å². The van der Waals surface area contributed by atoms with Crippen LogP contribution in [0.4, 0.5) is 14.9 Å². The summed E-state index contributed by atoms with van der Waals surface area (Å²) in [7, 11) is 0. The van der Waals surface area contributed by atoms with Gasteiger partial charge < -0.3 is 15.3 Å². The van der Waals surface area contributed by atoms with Gasteiger partial charge in [0.15, 0.2) is 0 Å². The lowest BCUT2D eigenvalue weighted by Crippen LogP contribution is -2.34. The summed E-state index contributed by atoms with van der Waals surface area (Å²) in [5, 5.41) is 11.7. The molecule has 5 nitrogen and oxygen atoms in total. The predicted molar refractivity (Wildman–Crippen MR) is 72.0 cm³/mol. The molecule has 1 aliphatic heterocycles. The number of halogens is 1. The molecule has 0 aromatic heterocycles. The molecule has 0 radical (unpaired) electrons. The average Bonchev–Trinajstić information content (AvgIpc) is 2.77. The van der Waals surface area contributed by atoms with Gasteiger partial charge in [0.05, 0.1) is 5.92 Å². The van der Waals surface area contributed by atoms with Crippen LogP contribution in [-0.4, -0.2) is 35.1 Å². The molecule has 20 heavy (non-hydrogen) atoms. The minimum absolute atomic E-state index is 0.0909. The van der Waals surface area contributed by atoms with Gasteiger partial charge in [0.25, 0.3) is 0 Å². The zero-order chi connectivity index (χ0) is 14.9. The van der Waals surface area contributed by atoms with Crippen molar-refractivity contribution < 1.29 is 19.1 Å². The van der Waals surface area contributed by atoms with E-state index in [1.165, 1.54) is 17.0 Å². The molecular weight excluding hydrogens is 263 g/mol. The van der Waals surface area contributed by atoms with E-state index in [0.29, 0.717) is 17.8 Å². The molecule has 2 amide bonds. The minimum atomic E-state index is -0.894. The Morgan fingerprint density at radius 2 is 2.10 bits per heavy atom. The van der Waals surface area contributed by atoms with Crippen molar-refractivity contribution in [1.29, 1.82) is 0 Å². The number of likely N-dealkylation sites (tertiary alicyclic amines) is 1. The lowest BCUT2D eigenvalue weighted by Gasteiger charge is -2.18. The number of nitrogens with one attached hydrogen (secondary N) is 1. The number of urea groups is 1. The van der Waals surface area contributed by atoms with Gasteiger partial charge in [-0.05, 0) is 25.0 Å². The van der Waals surface area contributed by atoms with E-state index in [2.05, 4.69) is 5.32 Å². The Hall–Kier alpha value is -2.11. The normalized spacial score (nSPS) is 21.9. The van der Waals surface area contributed by atoms with Crippen molar-refractivity contribution >= 4 is 17.7 Å². The number of amides is 2. The number of carbonyl (C=O) groups is 2. The lowest BCUT2D eigenvalue weighted by molar-refractivity contribution is -0.142. The quantitative estimate of drug-likeness (QED) is 0.873. The summed E-state index contributed by atoms with van der Waals surface area (Å²) in [6, 6.07) is 4.06. The van der Waals surface area contributed by atoms with Crippen molar-refractivity contribution in [2.24, 2.45) is 11.8 Å². The van der Waals surface area contributed by atoms with E-state index in [1.54, 1.807) is 19.9 Å². The Morgan fingerprint density at radius 1 is 1.40 bits per heavy atom. The molecule has 0 saturated carbocycles. The van der Waals surface area contributed by atoms with Gasteiger partial charge in [-0.3, -0.25) is 4.79 Å². The Balaban J connectivity index is 2.06. The summed E-state index contributed by atoms with van der Waals surface area (Å²) < 4.78 is 13.4. The first kappa shape index (κ1) is 14.3. The molecule has 1 heterocycles. The molecule has 0 aliphatic carbocycles. The van der Waals surface area contributed by atoms with Gasteiger partial charge in [0.1, 0.15) is 5.82 Å². The van der Waals surface area contributed by atoms with Crippen LogP contribution in [-0.2, 0) is 4.79 Å². The maximum atomic E-state index is 13.4. The van der Waals surface area contributed by atoms with E-state index >= 15 is 0 Å². The molecule has 2 atom stereocenters. The van der Waals surface area contributed by atoms with Gasteiger partial charge in [-0.1, -0.05) is 13.0 Å². The minimum Gasteiger partial charge on any atom is -0.481 e. The summed E-state index contributed by atoms with van der Waals surface area (Å²) in [4.78, 5) is 24.6. The lowest BCUT2D eigenvalue weighted by atomic mass is 9.99. The van der Waals surface area contributed by atoms with Crippen molar-refractivity contribution in [3.05, 3.63) is 29.6 Å². The first-order chi connectivity index (χ1) is 9.40. The van der Waals surface area contributed by atoms with Crippen LogP contribution in [0, 0.1) is 24.6 Å². The van der Waals surface area contributed by atoms with Crippen LogP contribution in [0.2, 0.25) is 0 Å². The number of aliphatic carboxylic acids is 1. The van der Waals surface area contributed by atoms with Crippen molar-refractivity contribution in [2.75, 3.05) is 18.4 Å². The highest BCUT2D eigenvalue weighted by Gasteiger charge is 2.37. The highest BCUT2D eigenvalue weighted by atomic mass is 19.1. The number of hydrogen-bond acceptors (Lipinski definition) is 2. The second kappa shape index (κ2) is 5.48. The molecule has 2 unspecified atom stereocenters. The maximum Gasteiger partial charge on any atom is 0.321 e. The van der Waals surface area contributed by atoms with Gasteiger partial charge >= 0.3 is 12.0 Å². The summed E-state index contributed by atoms with van der Waals surface area (Å²) in [5.74, 6) is -1.92. The van der Waals surface area contributed by atoms with Crippen LogP contribution in [0.5, 0.6) is 0 Å². The van der Waals surface area contributed by atoms with Crippen molar-refractivity contribution in [1.82, 2.24) is 4.90 Å². The van der Waals surface area contributed by atoms with E-state index in [0.717, 1.165) is 0 Å². The monoisotopic (exact) mass is 280 g/mol. The van der Waals surface area contributed by atoms with E-state index in [1.807, 2.05) is 0 Å². The predicted octanol–water partition coefficient (Wildman–Crippen LogP) is 2.32. The second-order valence-electron chi connectivity index (χ2n) is 5.17. The first-order valence-corrected chi connectivity index (χ1v) is 6.44. The highest BCUT2D eigenvalue weighted by Crippen LogP contribution is 2.24. The Kier molecular flexibility index (Phi) is 3.92. The zero-order valence-electron chi connectivity index (χ0n) is 11.4. The van der Waals surface area contributed by atoms with Crippen molar-refractivity contribution in [3.8, 4) is 0 Å². The molecule has 2 N–H and O–H groups in total. The fraction of sp³-hybridized carbons (Fsp3) is 0.429. The third-order valence-electron chi connectivity index (χ3n) is 3.73. The Bertz CT molecular complexity index is 547. The third-order valence-corrected chi connectivity index (χ3v) is 3.73. The van der Waals surface area contributed by atoms with Gasteiger partial charge in [-0.2, -0.15) is 0 Å². The second-order valence-corrected chi connectivity index (χ2v) is 5.17. The number of rotatable bonds is 2. The topological polar surface area (TPSA) is 69.6 Å². The number of nitrogens with zero attached hydrogens (tertiary/aromatic N) is 1. The molecule has 1 aromatic rings. The summed E-state index contributed by atoms with van der Waals surface area (Å²) in [5.41, 5.74) is 0.768. The molecule has 1 aliphatic rings. The summed E-state index contributed by atoms with van der Waals surface area (Å²) in [6.45, 7) is 3.95.